The smallest absolute Gasteiger partial charge is 0.191 e. The van der Waals surface area contributed by atoms with Gasteiger partial charge in [-0.1, -0.05) is 12.1 Å². The van der Waals surface area contributed by atoms with Gasteiger partial charge in [0.15, 0.2) is 5.96 Å². The number of aliphatic imine (C=N–C) groups is 1. The monoisotopic (exact) mass is 353 g/mol. The normalized spacial score (nSPS) is 22.0. The van der Waals surface area contributed by atoms with Crippen LogP contribution in [-0.2, 0) is 4.74 Å². The highest BCUT2D eigenvalue weighted by Gasteiger charge is 2.34. The first-order valence-corrected chi connectivity index (χ1v) is 8.73. The molecule has 1 heterocycles. The summed E-state index contributed by atoms with van der Waals surface area (Å²) in [6, 6.07) is 5.79. The molecular formula is C18H28FN3O3. The minimum atomic E-state index is -0.759. The number of hydrogen-bond acceptors (Lipinski definition) is 4. The molecule has 1 aliphatic rings. The molecule has 0 bridgehead atoms. The molecule has 1 saturated heterocycles. The summed E-state index contributed by atoms with van der Waals surface area (Å²) >= 11 is 0. The molecule has 2 unspecified atom stereocenters. The van der Waals surface area contributed by atoms with E-state index in [1.54, 1.807) is 12.1 Å². The number of hydrogen-bond donors (Lipinski definition) is 4. The number of benzene rings is 1. The summed E-state index contributed by atoms with van der Waals surface area (Å²) in [6.07, 6.45) is 0.786. The number of aliphatic hydroxyl groups excluding tert-OH is 2. The van der Waals surface area contributed by atoms with Crippen molar-refractivity contribution in [2.75, 3.05) is 39.5 Å². The number of halogens is 1. The SMILES string of the molecule is CCNC(=NCC1(CCO)CCOC1)NCC(O)c1ccc(F)cc1. The Morgan fingerprint density at radius 3 is 2.72 bits per heavy atom. The van der Waals surface area contributed by atoms with Crippen LogP contribution in [0.1, 0.15) is 31.4 Å². The summed E-state index contributed by atoms with van der Waals surface area (Å²) in [6.45, 7) is 4.90. The van der Waals surface area contributed by atoms with Crippen molar-refractivity contribution >= 4 is 5.96 Å². The van der Waals surface area contributed by atoms with Crippen LogP contribution in [0.15, 0.2) is 29.3 Å². The zero-order valence-electron chi connectivity index (χ0n) is 14.7. The van der Waals surface area contributed by atoms with E-state index in [2.05, 4.69) is 15.6 Å². The van der Waals surface area contributed by atoms with E-state index in [1.165, 1.54) is 12.1 Å². The summed E-state index contributed by atoms with van der Waals surface area (Å²) in [4.78, 5) is 4.60. The molecular weight excluding hydrogens is 325 g/mol. The third-order valence-corrected chi connectivity index (χ3v) is 4.46. The van der Waals surface area contributed by atoms with Crippen molar-refractivity contribution in [3.63, 3.8) is 0 Å². The Hall–Kier alpha value is -1.70. The Labute approximate surface area is 148 Å². The van der Waals surface area contributed by atoms with Gasteiger partial charge >= 0.3 is 0 Å². The average molecular weight is 353 g/mol. The molecule has 140 valence electrons. The predicted octanol–water partition coefficient (Wildman–Crippen LogP) is 1.20. The van der Waals surface area contributed by atoms with Crippen LogP contribution in [0.3, 0.4) is 0 Å². The number of nitrogens with one attached hydrogen (secondary N) is 2. The minimum absolute atomic E-state index is 0.117. The van der Waals surface area contributed by atoms with Crippen molar-refractivity contribution < 1.29 is 19.3 Å². The first-order valence-electron chi connectivity index (χ1n) is 8.73. The topological polar surface area (TPSA) is 86.1 Å². The summed E-state index contributed by atoms with van der Waals surface area (Å²) in [5, 5.41) is 25.8. The lowest BCUT2D eigenvalue weighted by atomic mass is 9.84. The Morgan fingerprint density at radius 2 is 2.12 bits per heavy atom. The Kier molecular flexibility index (Phi) is 7.61. The number of rotatable bonds is 8. The van der Waals surface area contributed by atoms with Gasteiger partial charge in [0.1, 0.15) is 5.82 Å². The molecule has 25 heavy (non-hydrogen) atoms. The highest BCUT2D eigenvalue weighted by Crippen LogP contribution is 2.32. The van der Waals surface area contributed by atoms with Gasteiger partial charge in [-0.3, -0.25) is 4.99 Å². The molecule has 0 saturated carbocycles. The standard InChI is InChI=1S/C18H28FN3O3/c1-2-20-17(22-12-18(7-9-23)8-10-25-13-18)21-11-16(24)14-3-5-15(19)6-4-14/h3-6,16,23-24H,2,7-13H2,1H3,(H2,20,21,22). The average Bonchev–Trinajstić information content (AvgIpc) is 3.07. The van der Waals surface area contributed by atoms with Crippen LogP contribution in [0.4, 0.5) is 4.39 Å². The zero-order chi connectivity index (χ0) is 18.1. The molecule has 0 amide bonds. The largest absolute Gasteiger partial charge is 0.396 e. The lowest BCUT2D eigenvalue weighted by molar-refractivity contribution is 0.131. The van der Waals surface area contributed by atoms with Gasteiger partial charge in [-0.05, 0) is 37.5 Å². The first kappa shape index (κ1) is 19.6. The molecule has 6 nitrogen and oxygen atoms in total. The molecule has 2 rings (SSSR count). The molecule has 1 fully saturated rings. The minimum Gasteiger partial charge on any atom is -0.396 e. The van der Waals surface area contributed by atoms with Crippen LogP contribution in [0.2, 0.25) is 0 Å². The Balaban J connectivity index is 1.93. The van der Waals surface area contributed by atoms with Gasteiger partial charge in [0.25, 0.3) is 0 Å². The summed E-state index contributed by atoms with van der Waals surface area (Å²) < 4.78 is 18.4. The van der Waals surface area contributed by atoms with Crippen LogP contribution in [-0.4, -0.2) is 55.6 Å². The highest BCUT2D eigenvalue weighted by molar-refractivity contribution is 5.79. The van der Waals surface area contributed by atoms with Crippen LogP contribution in [0.5, 0.6) is 0 Å². The molecule has 2 atom stereocenters. The highest BCUT2D eigenvalue weighted by atomic mass is 19.1. The first-order chi connectivity index (χ1) is 12.1. The summed E-state index contributed by atoms with van der Waals surface area (Å²) in [7, 11) is 0. The van der Waals surface area contributed by atoms with Crippen LogP contribution < -0.4 is 10.6 Å². The third kappa shape index (κ3) is 5.95. The van der Waals surface area contributed by atoms with Crippen molar-refractivity contribution in [1.82, 2.24) is 10.6 Å². The zero-order valence-corrected chi connectivity index (χ0v) is 14.7. The van der Waals surface area contributed by atoms with Gasteiger partial charge in [-0.25, -0.2) is 4.39 Å². The van der Waals surface area contributed by atoms with E-state index in [0.29, 0.717) is 44.2 Å². The number of ether oxygens (including phenoxy) is 1. The lowest BCUT2D eigenvalue weighted by Crippen LogP contribution is -2.40. The van der Waals surface area contributed by atoms with E-state index in [9.17, 15) is 14.6 Å². The van der Waals surface area contributed by atoms with Crippen molar-refractivity contribution in [2.45, 2.75) is 25.9 Å². The maximum atomic E-state index is 13.0. The van der Waals surface area contributed by atoms with Gasteiger partial charge in [0, 0.05) is 31.7 Å². The number of aliphatic hydroxyl groups is 2. The van der Waals surface area contributed by atoms with Crippen molar-refractivity contribution in [3.05, 3.63) is 35.6 Å². The van der Waals surface area contributed by atoms with E-state index >= 15 is 0 Å². The molecule has 1 aromatic carbocycles. The molecule has 1 aromatic rings. The second-order valence-corrected chi connectivity index (χ2v) is 6.42. The quantitative estimate of drug-likeness (QED) is 0.417. The maximum Gasteiger partial charge on any atom is 0.191 e. The molecule has 0 spiro atoms. The van der Waals surface area contributed by atoms with Crippen molar-refractivity contribution in [2.24, 2.45) is 10.4 Å². The molecule has 0 aromatic heterocycles. The Bertz CT molecular complexity index is 545. The van der Waals surface area contributed by atoms with E-state index < -0.39 is 6.10 Å². The van der Waals surface area contributed by atoms with Crippen molar-refractivity contribution in [1.29, 1.82) is 0 Å². The van der Waals surface area contributed by atoms with Crippen LogP contribution in [0.25, 0.3) is 0 Å². The van der Waals surface area contributed by atoms with E-state index in [4.69, 9.17) is 4.74 Å². The van der Waals surface area contributed by atoms with Crippen molar-refractivity contribution in [3.8, 4) is 0 Å². The van der Waals surface area contributed by atoms with Gasteiger partial charge in [0.05, 0.1) is 19.3 Å². The second-order valence-electron chi connectivity index (χ2n) is 6.42. The third-order valence-electron chi connectivity index (χ3n) is 4.46. The van der Waals surface area contributed by atoms with Gasteiger partial charge in [0.2, 0.25) is 0 Å². The fraction of sp³-hybridized carbons (Fsp3) is 0.611. The van der Waals surface area contributed by atoms with Crippen LogP contribution in [0, 0.1) is 11.2 Å². The van der Waals surface area contributed by atoms with Gasteiger partial charge in [-0.15, -0.1) is 0 Å². The molecule has 0 radical (unpaired) electrons. The Morgan fingerprint density at radius 1 is 1.36 bits per heavy atom. The fourth-order valence-corrected chi connectivity index (χ4v) is 2.87. The van der Waals surface area contributed by atoms with Crippen LogP contribution >= 0.6 is 0 Å². The summed E-state index contributed by atoms with van der Waals surface area (Å²) in [5.74, 6) is 0.277. The molecule has 0 aliphatic carbocycles. The maximum absolute atomic E-state index is 13.0. The summed E-state index contributed by atoms with van der Waals surface area (Å²) in [5.41, 5.74) is 0.526. The van der Waals surface area contributed by atoms with E-state index in [0.717, 1.165) is 6.42 Å². The van der Waals surface area contributed by atoms with Gasteiger partial charge in [-0.2, -0.15) is 0 Å². The number of guanidine groups is 1. The molecule has 1 aliphatic heterocycles. The fourth-order valence-electron chi connectivity index (χ4n) is 2.87. The van der Waals surface area contributed by atoms with E-state index in [-0.39, 0.29) is 24.4 Å². The van der Waals surface area contributed by atoms with Gasteiger partial charge < -0.3 is 25.6 Å². The number of nitrogens with zero attached hydrogens (tertiary/aromatic N) is 1. The molecule has 7 heteroatoms. The lowest BCUT2D eigenvalue weighted by Gasteiger charge is -2.25. The van der Waals surface area contributed by atoms with E-state index in [1.807, 2.05) is 6.92 Å². The predicted molar refractivity (Wildman–Crippen MR) is 94.9 cm³/mol. The second kappa shape index (κ2) is 9.70. The molecule has 4 N–H and O–H groups in total.